The summed E-state index contributed by atoms with van der Waals surface area (Å²) < 4.78 is 39.4. The molecule has 0 spiro atoms. The molecule has 0 aliphatic carbocycles. The smallest absolute Gasteiger partial charge is 0.276 e. The Bertz CT molecular complexity index is 838. The van der Waals surface area contributed by atoms with Gasteiger partial charge in [-0.15, -0.1) is 0 Å². The normalized spacial score (nSPS) is 11.3. The second-order valence-corrected chi connectivity index (χ2v) is 6.46. The Morgan fingerprint density at radius 3 is 2.04 bits per heavy atom. The first-order valence-corrected chi connectivity index (χ1v) is 8.53. The molecule has 0 atom stereocenters. The number of methoxy groups -OCH3 is 3. The van der Waals surface area contributed by atoms with Gasteiger partial charge in [0.1, 0.15) is 5.75 Å². The van der Waals surface area contributed by atoms with E-state index in [-0.39, 0.29) is 22.1 Å². The quantitative estimate of drug-likeness (QED) is 0.571. The van der Waals surface area contributed by atoms with E-state index in [1.54, 1.807) is 0 Å². The Balaban J connectivity index is 2.19. The van der Waals surface area contributed by atoms with Crippen LogP contribution >= 0.6 is 0 Å². The van der Waals surface area contributed by atoms with Crippen molar-refractivity contribution in [3.8, 4) is 23.0 Å². The summed E-state index contributed by atoms with van der Waals surface area (Å²) in [6.45, 7) is 0. The lowest BCUT2D eigenvalue weighted by Crippen LogP contribution is -2.18. The fraction of sp³-hybridized carbons (Fsp3) is 0.188. The van der Waals surface area contributed by atoms with Gasteiger partial charge in [-0.3, -0.25) is 0 Å². The van der Waals surface area contributed by atoms with Gasteiger partial charge in [-0.25, -0.2) is 4.83 Å². The molecule has 2 N–H and O–H groups in total. The Labute approximate surface area is 145 Å². The van der Waals surface area contributed by atoms with Crippen LogP contribution in [0.3, 0.4) is 0 Å². The van der Waals surface area contributed by atoms with Crippen molar-refractivity contribution in [1.29, 1.82) is 0 Å². The first-order valence-electron chi connectivity index (χ1n) is 7.05. The van der Waals surface area contributed by atoms with Gasteiger partial charge in [0, 0.05) is 5.56 Å². The molecule has 0 aromatic heterocycles. The summed E-state index contributed by atoms with van der Waals surface area (Å²) in [6.07, 6.45) is 1.27. The molecule has 0 bridgehead atoms. The first-order chi connectivity index (χ1) is 11.9. The van der Waals surface area contributed by atoms with Crippen molar-refractivity contribution in [1.82, 2.24) is 4.83 Å². The number of hydrazone groups is 1. The van der Waals surface area contributed by atoms with Crippen molar-refractivity contribution in [2.24, 2.45) is 5.10 Å². The van der Waals surface area contributed by atoms with Crippen LogP contribution in [0.5, 0.6) is 23.0 Å². The molecule has 0 unspecified atom stereocenters. The number of hydrogen-bond acceptors (Lipinski definition) is 7. The summed E-state index contributed by atoms with van der Waals surface area (Å²) in [7, 11) is 0.463. The maximum Gasteiger partial charge on any atom is 0.276 e. The fourth-order valence-corrected chi connectivity index (χ4v) is 2.76. The molecule has 9 heteroatoms. The summed E-state index contributed by atoms with van der Waals surface area (Å²) in [5, 5.41) is 13.6. The molecule has 0 heterocycles. The van der Waals surface area contributed by atoms with Gasteiger partial charge < -0.3 is 19.3 Å². The molecule has 2 rings (SSSR count). The number of phenolic OH excluding ortho intramolecular Hbond substituents is 1. The number of aromatic hydroxyl groups is 1. The van der Waals surface area contributed by atoms with Crippen LogP contribution in [0.2, 0.25) is 0 Å². The van der Waals surface area contributed by atoms with E-state index in [9.17, 15) is 13.5 Å². The number of ether oxygens (including phenoxy) is 3. The number of nitrogens with one attached hydrogen (secondary N) is 1. The van der Waals surface area contributed by atoms with E-state index in [0.717, 1.165) is 0 Å². The molecule has 2 aromatic rings. The molecule has 0 amide bonds. The third-order valence-electron chi connectivity index (χ3n) is 3.26. The van der Waals surface area contributed by atoms with Gasteiger partial charge in [-0.1, -0.05) is 0 Å². The lowest BCUT2D eigenvalue weighted by molar-refractivity contribution is 0.340. The average molecular weight is 366 g/mol. The van der Waals surface area contributed by atoms with Gasteiger partial charge >= 0.3 is 0 Å². The summed E-state index contributed by atoms with van der Waals surface area (Å²) in [5.41, 5.74) is 0.476. The highest BCUT2D eigenvalue weighted by atomic mass is 32.2. The van der Waals surface area contributed by atoms with Gasteiger partial charge in [0.05, 0.1) is 32.4 Å². The van der Waals surface area contributed by atoms with Crippen molar-refractivity contribution in [2.75, 3.05) is 21.3 Å². The Morgan fingerprint density at radius 2 is 1.56 bits per heavy atom. The highest BCUT2D eigenvalue weighted by Crippen LogP contribution is 2.36. The largest absolute Gasteiger partial charge is 0.502 e. The minimum Gasteiger partial charge on any atom is -0.502 e. The van der Waals surface area contributed by atoms with Gasteiger partial charge in [0.25, 0.3) is 10.0 Å². The van der Waals surface area contributed by atoms with Crippen LogP contribution < -0.4 is 19.0 Å². The Kier molecular flexibility index (Phi) is 5.71. The Morgan fingerprint density at radius 1 is 1.00 bits per heavy atom. The van der Waals surface area contributed by atoms with Crippen molar-refractivity contribution in [3.05, 3.63) is 42.0 Å². The van der Waals surface area contributed by atoms with Gasteiger partial charge in [-0.2, -0.15) is 13.5 Å². The maximum atomic E-state index is 12.2. The molecule has 0 fully saturated rings. The second kappa shape index (κ2) is 7.75. The number of rotatable bonds is 7. The molecule has 0 aliphatic heterocycles. The first kappa shape index (κ1) is 18.4. The van der Waals surface area contributed by atoms with Crippen LogP contribution in [-0.2, 0) is 10.0 Å². The summed E-state index contributed by atoms with van der Waals surface area (Å²) in [4.78, 5) is 2.16. The van der Waals surface area contributed by atoms with E-state index in [4.69, 9.17) is 14.2 Å². The predicted octanol–water partition coefficient (Wildman–Crippen LogP) is 1.73. The maximum absolute atomic E-state index is 12.2. The number of phenols is 1. The van der Waals surface area contributed by atoms with Crippen molar-refractivity contribution in [3.63, 3.8) is 0 Å². The van der Waals surface area contributed by atoms with E-state index in [1.807, 2.05) is 0 Å². The van der Waals surface area contributed by atoms with E-state index in [2.05, 4.69) is 9.93 Å². The number of nitrogens with zero attached hydrogens (tertiary/aromatic N) is 1. The minimum atomic E-state index is -3.81. The molecule has 134 valence electrons. The fourth-order valence-electron chi connectivity index (χ4n) is 1.97. The van der Waals surface area contributed by atoms with E-state index < -0.39 is 10.0 Å². The SMILES string of the molecule is COc1ccc(S(=O)(=O)NN=Cc2cc(OC)c(O)c(OC)c2)cc1. The van der Waals surface area contributed by atoms with Crippen molar-refractivity contribution in [2.45, 2.75) is 4.90 Å². The topological polar surface area (TPSA) is 106 Å². The highest BCUT2D eigenvalue weighted by Gasteiger charge is 2.13. The third kappa shape index (κ3) is 4.32. The van der Waals surface area contributed by atoms with E-state index in [1.165, 1.54) is 63.9 Å². The molecule has 0 saturated heterocycles. The van der Waals surface area contributed by atoms with Crippen LogP contribution in [0, 0.1) is 0 Å². The minimum absolute atomic E-state index is 0.0475. The van der Waals surface area contributed by atoms with Crippen LogP contribution in [-0.4, -0.2) is 41.1 Å². The predicted molar refractivity (Wildman–Crippen MR) is 92.1 cm³/mol. The number of sulfonamides is 1. The number of benzene rings is 2. The van der Waals surface area contributed by atoms with E-state index in [0.29, 0.717) is 11.3 Å². The highest BCUT2D eigenvalue weighted by molar-refractivity contribution is 7.89. The van der Waals surface area contributed by atoms with Gasteiger partial charge in [-0.05, 0) is 36.4 Å². The van der Waals surface area contributed by atoms with Gasteiger partial charge in [0.15, 0.2) is 11.5 Å². The molecular formula is C16H18N2O6S. The van der Waals surface area contributed by atoms with Crippen LogP contribution in [0.25, 0.3) is 0 Å². The van der Waals surface area contributed by atoms with Crippen LogP contribution in [0.1, 0.15) is 5.56 Å². The molecular weight excluding hydrogens is 348 g/mol. The zero-order chi connectivity index (χ0) is 18.4. The molecule has 0 radical (unpaired) electrons. The molecule has 25 heavy (non-hydrogen) atoms. The van der Waals surface area contributed by atoms with Crippen molar-refractivity contribution < 1.29 is 27.7 Å². The zero-order valence-corrected chi connectivity index (χ0v) is 14.7. The lowest BCUT2D eigenvalue weighted by Gasteiger charge is -2.09. The van der Waals surface area contributed by atoms with Crippen molar-refractivity contribution >= 4 is 16.2 Å². The molecule has 0 aliphatic rings. The lowest BCUT2D eigenvalue weighted by atomic mass is 10.2. The molecule has 0 saturated carbocycles. The monoisotopic (exact) mass is 366 g/mol. The second-order valence-electron chi connectivity index (χ2n) is 4.80. The summed E-state index contributed by atoms with van der Waals surface area (Å²) in [6, 6.07) is 8.86. The third-order valence-corrected chi connectivity index (χ3v) is 4.50. The standard InChI is InChI=1S/C16H18N2O6S/c1-22-12-4-6-13(7-5-12)25(20,21)18-17-10-11-8-14(23-2)16(19)15(9-11)24-3/h4-10,18-19H,1-3H3. The summed E-state index contributed by atoms with van der Waals surface area (Å²) >= 11 is 0. The van der Waals surface area contributed by atoms with Gasteiger partial charge in [0.2, 0.25) is 5.75 Å². The number of hydrogen-bond donors (Lipinski definition) is 2. The average Bonchev–Trinajstić information content (AvgIpc) is 2.62. The van der Waals surface area contributed by atoms with E-state index >= 15 is 0 Å². The summed E-state index contributed by atoms with van der Waals surface area (Å²) in [5.74, 6) is 0.754. The zero-order valence-electron chi connectivity index (χ0n) is 13.9. The molecule has 8 nitrogen and oxygen atoms in total. The van der Waals surface area contributed by atoms with Crippen LogP contribution in [0.15, 0.2) is 46.4 Å². The molecule has 2 aromatic carbocycles. The van der Waals surface area contributed by atoms with Crippen LogP contribution in [0.4, 0.5) is 0 Å². The Hall–Kier alpha value is -2.94.